The number of halogens is 2. The van der Waals surface area contributed by atoms with E-state index in [9.17, 15) is 13.6 Å². The first-order valence-electron chi connectivity index (χ1n) is 7.36. The Kier molecular flexibility index (Phi) is 3.87. The van der Waals surface area contributed by atoms with Crippen LogP contribution < -0.4 is 0 Å². The van der Waals surface area contributed by atoms with Crippen molar-refractivity contribution in [3.8, 4) is 0 Å². The molecular weight excluding hydrogens is 264 g/mol. The van der Waals surface area contributed by atoms with Gasteiger partial charge in [-0.25, -0.2) is 8.78 Å². The molecule has 0 aromatic heterocycles. The van der Waals surface area contributed by atoms with Gasteiger partial charge in [-0.05, 0) is 40.5 Å². The lowest BCUT2D eigenvalue weighted by Gasteiger charge is -2.50. The molecule has 1 saturated heterocycles. The van der Waals surface area contributed by atoms with Crippen LogP contribution in [-0.2, 0) is 9.53 Å². The average molecular weight is 289 g/mol. The first-order chi connectivity index (χ1) is 9.08. The number of ether oxygens (including phenoxy) is 1. The van der Waals surface area contributed by atoms with Crippen LogP contribution in [-0.4, -0.2) is 41.5 Å². The summed E-state index contributed by atoms with van der Waals surface area (Å²) in [6, 6.07) is 0. The zero-order valence-electron chi connectivity index (χ0n) is 12.8. The minimum absolute atomic E-state index is 0.324. The highest BCUT2D eigenvalue weighted by molar-refractivity contribution is 5.82. The third-order valence-corrected chi connectivity index (χ3v) is 4.44. The van der Waals surface area contributed by atoms with Crippen LogP contribution in [0.1, 0.15) is 53.4 Å². The molecule has 0 aromatic rings. The molecule has 0 bridgehead atoms. The first-order valence-corrected chi connectivity index (χ1v) is 7.36. The molecule has 1 amide bonds. The topological polar surface area (TPSA) is 29.5 Å². The van der Waals surface area contributed by atoms with E-state index in [0.717, 1.165) is 25.7 Å². The number of rotatable bonds is 2. The highest BCUT2D eigenvalue weighted by Gasteiger charge is 2.50. The number of carbonyl (C=O) groups excluding carboxylic acids is 1. The highest BCUT2D eigenvalue weighted by atomic mass is 19.3. The van der Waals surface area contributed by atoms with Gasteiger partial charge < -0.3 is 9.64 Å². The summed E-state index contributed by atoms with van der Waals surface area (Å²) in [6.07, 6.45) is 1.33. The number of carbonyl (C=O) groups is 1. The quantitative estimate of drug-likeness (QED) is 0.781. The molecule has 0 aromatic carbocycles. The van der Waals surface area contributed by atoms with Crippen molar-refractivity contribution < 1.29 is 18.3 Å². The van der Waals surface area contributed by atoms with Crippen molar-refractivity contribution in [1.29, 1.82) is 0 Å². The fourth-order valence-corrected chi connectivity index (χ4v) is 3.44. The minimum Gasteiger partial charge on any atom is -0.365 e. The maximum Gasteiger partial charge on any atom is 0.252 e. The van der Waals surface area contributed by atoms with Gasteiger partial charge in [-0.3, -0.25) is 4.79 Å². The molecule has 1 aliphatic carbocycles. The second kappa shape index (κ2) is 4.93. The molecule has 2 rings (SSSR count). The van der Waals surface area contributed by atoms with Crippen LogP contribution in [0.15, 0.2) is 0 Å². The Morgan fingerprint density at radius 1 is 1.20 bits per heavy atom. The molecule has 116 valence electrons. The average Bonchev–Trinajstić information content (AvgIpc) is 2.73. The van der Waals surface area contributed by atoms with E-state index in [-0.39, 0.29) is 5.60 Å². The molecular formula is C15H25F2NO2. The van der Waals surface area contributed by atoms with E-state index in [1.54, 1.807) is 4.90 Å². The second-order valence-corrected chi connectivity index (χ2v) is 7.44. The summed E-state index contributed by atoms with van der Waals surface area (Å²) >= 11 is 0. The fourth-order valence-electron chi connectivity index (χ4n) is 3.44. The number of hydrogen-bond donors (Lipinski definition) is 0. The lowest BCUT2D eigenvalue weighted by molar-refractivity contribution is -0.204. The number of morpholine rings is 1. The summed E-state index contributed by atoms with van der Waals surface area (Å²) in [6.45, 7) is 7.34. The van der Waals surface area contributed by atoms with Crippen molar-refractivity contribution in [2.75, 3.05) is 13.1 Å². The molecule has 2 fully saturated rings. The normalized spacial score (nSPS) is 25.4. The van der Waals surface area contributed by atoms with Crippen LogP contribution in [0.3, 0.4) is 0 Å². The number of hydrogen-bond acceptors (Lipinski definition) is 2. The zero-order chi connectivity index (χ0) is 15.2. The lowest BCUT2D eigenvalue weighted by atomic mass is 9.88. The van der Waals surface area contributed by atoms with Crippen molar-refractivity contribution in [2.45, 2.75) is 71.0 Å². The Balaban J connectivity index is 2.21. The van der Waals surface area contributed by atoms with Gasteiger partial charge >= 0.3 is 0 Å². The maximum atomic E-state index is 13.1. The van der Waals surface area contributed by atoms with Gasteiger partial charge in [-0.1, -0.05) is 12.8 Å². The molecule has 0 unspecified atom stereocenters. The number of amides is 1. The van der Waals surface area contributed by atoms with Gasteiger partial charge in [0.2, 0.25) is 5.91 Å². The van der Waals surface area contributed by atoms with Gasteiger partial charge in [0.25, 0.3) is 6.43 Å². The zero-order valence-corrected chi connectivity index (χ0v) is 12.8. The molecule has 0 atom stereocenters. The van der Waals surface area contributed by atoms with Crippen LogP contribution in [0.5, 0.6) is 0 Å². The lowest BCUT2D eigenvalue weighted by Crippen LogP contribution is -2.62. The van der Waals surface area contributed by atoms with Crippen molar-refractivity contribution >= 4 is 5.91 Å². The summed E-state index contributed by atoms with van der Waals surface area (Å²) in [5.74, 6) is -0.463. The number of alkyl halides is 2. The molecule has 5 heteroatoms. The van der Waals surface area contributed by atoms with Gasteiger partial charge in [0.05, 0.1) is 11.2 Å². The molecule has 3 nitrogen and oxygen atoms in total. The van der Waals surface area contributed by atoms with E-state index in [0.29, 0.717) is 13.1 Å². The van der Waals surface area contributed by atoms with E-state index in [1.165, 1.54) is 13.8 Å². The maximum absolute atomic E-state index is 13.1. The molecule has 2 aliphatic rings. The van der Waals surface area contributed by atoms with Crippen LogP contribution in [0.25, 0.3) is 0 Å². The van der Waals surface area contributed by atoms with Gasteiger partial charge in [-0.15, -0.1) is 0 Å². The van der Waals surface area contributed by atoms with Crippen LogP contribution >= 0.6 is 0 Å². The van der Waals surface area contributed by atoms with Gasteiger partial charge in [0.15, 0.2) is 0 Å². The van der Waals surface area contributed by atoms with Gasteiger partial charge in [0, 0.05) is 13.1 Å². The van der Waals surface area contributed by atoms with E-state index in [1.807, 2.05) is 13.8 Å². The van der Waals surface area contributed by atoms with Gasteiger partial charge in [-0.2, -0.15) is 0 Å². The smallest absolute Gasteiger partial charge is 0.252 e. The van der Waals surface area contributed by atoms with Crippen molar-refractivity contribution in [3.05, 3.63) is 0 Å². The summed E-state index contributed by atoms with van der Waals surface area (Å²) in [7, 11) is 0. The fraction of sp³-hybridized carbons (Fsp3) is 0.933. The highest BCUT2D eigenvalue weighted by Crippen LogP contribution is 2.42. The van der Waals surface area contributed by atoms with Crippen molar-refractivity contribution in [2.24, 2.45) is 5.41 Å². The van der Waals surface area contributed by atoms with Gasteiger partial charge in [0.1, 0.15) is 5.41 Å². The Labute approximate surface area is 119 Å². The largest absolute Gasteiger partial charge is 0.365 e. The molecule has 1 heterocycles. The Morgan fingerprint density at radius 3 is 2.25 bits per heavy atom. The predicted molar refractivity (Wildman–Crippen MR) is 72.7 cm³/mol. The molecule has 1 aliphatic heterocycles. The molecule has 1 spiro atoms. The van der Waals surface area contributed by atoms with E-state index in [2.05, 4.69) is 0 Å². The number of nitrogens with zero attached hydrogens (tertiary/aromatic N) is 1. The standard InChI is InChI=1S/C15H25F2NO2/c1-13(2)9-18(12(19)14(3,4)11(16)17)10-15(20-13)7-5-6-8-15/h11H,5-10H2,1-4H3. The SMILES string of the molecule is CC1(C)CN(C(=O)C(C)(C)C(F)F)CC2(CCCC2)O1. The monoisotopic (exact) mass is 289 g/mol. The van der Waals surface area contributed by atoms with Crippen LogP contribution in [0.2, 0.25) is 0 Å². The van der Waals surface area contributed by atoms with Crippen molar-refractivity contribution in [1.82, 2.24) is 4.90 Å². The summed E-state index contributed by atoms with van der Waals surface area (Å²) in [5.41, 5.74) is -2.43. The molecule has 0 N–H and O–H groups in total. The molecule has 0 radical (unpaired) electrons. The second-order valence-electron chi connectivity index (χ2n) is 7.44. The predicted octanol–water partition coefficient (Wildman–Crippen LogP) is 3.23. The molecule has 20 heavy (non-hydrogen) atoms. The summed E-state index contributed by atoms with van der Waals surface area (Å²) < 4.78 is 32.4. The third-order valence-electron chi connectivity index (χ3n) is 4.44. The Morgan fingerprint density at radius 2 is 1.75 bits per heavy atom. The van der Waals surface area contributed by atoms with E-state index < -0.39 is 23.3 Å². The van der Waals surface area contributed by atoms with E-state index >= 15 is 0 Å². The van der Waals surface area contributed by atoms with Crippen molar-refractivity contribution in [3.63, 3.8) is 0 Å². The Hall–Kier alpha value is -0.710. The minimum atomic E-state index is -2.65. The van der Waals surface area contributed by atoms with Crippen LogP contribution in [0.4, 0.5) is 8.78 Å². The van der Waals surface area contributed by atoms with E-state index in [4.69, 9.17) is 4.74 Å². The third kappa shape index (κ3) is 2.83. The first kappa shape index (κ1) is 15.7. The van der Waals surface area contributed by atoms with Crippen LogP contribution in [0, 0.1) is 5.41 Å². The summed E-state index contributed by atoms with van der Waals surface area (Å²) in [5, 5.41) is 0. The summed E-state index contributed by atoms with van der Waals surface area (Å²) in [4.78, 5) is 14.1. The molecule has 1 saturated carbocycles. The Bertz CT molecular complexity index is 387.